The Balaban J connectivity index is 2.36. The summed E-state index contributed by atoms with van der Waals surface area (Å²) in [4.78, 5) is 4.61. The molecule has 106 valence electrons. The topological polar surface area (TPSA) is 47.9 Å². The first kappa shape index (κ1) is 13.5. The van der Waals surface area contributed by atoms with E-state index in [2.05, 4.69) is 28.2 Å². The minimum absolute atomic E-state index is 0.774. The number of benzene rings is 1. The van der Waals surface area contributed by atoms with Gasteiger partial charge in [0.1, 0.15) is 11.3 Å². The van der Waals surface area contributed by atoms with Crippen LogP contribution in [-0.4, -0.2) is 22.3 Å². The molecule has 0 aliphatic heterocycles. The highest BCUT2D eigenvalue weighted by Crippen LogP contribution is 2.34. The van der Waals surface area contributed by atoms with Gasteiger partial charge in [0.05, 0.1) is 19.0 Å². The lowest BCUT2D eigenvalue weighted by atomic mass is 9.99. The number of hydrogen-bond acceptors (Lipinski definition) is 4. The van der Waals surface area contributed by atoms with E-state index >= 15 is 0 Å². The molecule has 2 aromatic heterocycles. The fraction of sp³-hybridized carbons (Fsp3) is 0.235. The van der Waals surface area contributed by atoms with Gasteiger partial charge in [0.2, 0.25) is 0 Å². The normalized spacial score (nSPS) is 10.9. The second-order valence-electron chi connectivity index (χ2n) is 5.17. The molecule has 0 saturated carbocycles. The van der Waals surface area contributed by atoms with E-state index in [4.69, 9.17) is 4.74 Å². The minimum atomic E-state index is 0.774. The van der Waals surface area contributed by atoms with Gasteiger partial charge in [0, 0.05) is 16.6 Å². The number of hydrogen-bond donors (Lipinski definition) is 0. The van der Waals surface area contributed by atoms with Crippen molar-refractivity contribution in [1.29, 1.82) is 0 Å². The standard InChI is InChI=1S/C17H17N3O/c1-10-9-18-20-16(12(10)3)13-7-8-15(21-4)17-14(13)6-5-11(2)19-17/h5-9H,1-4H3. The highest BCUT2D eigenvalue weighted by atomic mass is 16.5. The van der Waals surface area contributed by atoms with Gasteiger partial charge in [-0.3, -0.25) is 0 Å². The van der Waals surface area contributed by atoms with E-state index < -0.39 is 0 Å². The van der Waals surface area contributed by atoms with Crippen LogP contribution in [0.25, 0.3) is 22.2 Å². The third-order valence-corrected chi connectivity index (χ3v) is 3.79. The molecule has 0 unspecified atom stereocenters. The van der Waals surface area contributed by atoms with Crippen LogP contribution in [0, 0.1) is 20.8 Å². The van der Waals surface area contributed by atoms with E-state index in [0.29, 0.717) is 0 Å². The Morgan fingerprint density at radius 1 is 1.00 bits per heavy atom. The Morgan fingerprint density at radius 3 is 2.57 bits per heavy atom. The molecular formula is C17H17N3O. The van der Waals surface area contributed by atoms with Gasteiger partial charge in [-0.15, -0.1) is 0 Å². The molecule has 0 atom stereocenters. The maximum absolute atomic E-state index is 5.43. The number of aromatic nitrogens is 3. The highest BCUT2D eigenvalue weighted by Gasteiger charge is 2.13. The number of nitrogens with zero attached hydrogens (tertiary/aromatic N) is 3. The maximum atomic E-state index is 5.43. The van der Waals surface area contributed by atoms with E-state index in [0.717, 1.165) is 44.7 Å². The molecule has 0 bridgehead atoms. The first-order chi connectivity index (χ1) is 10.1. The Bertz CT molecular complexity index is 828. The smallest absolute Gasteiger partial charge is 0.145 e. The van der Waals surface area contributed by atoms with Crippen molar-refractivity contribution in [3.63, 3.8) is 0 Å². The second-order valence-corrected chi connectivity index (χ2v) is 5.17. The largest absolute Gasteiger partial charge is 0.494 e. The number of pyridine rings is 1. The Hall–Kier alpha value is -2.49. The zero-order valence-electron chi connectivity index (χ0n) is 12.6. The van der Waals surface area contributed by atoms with Crippen LogP contribution in [0.1, 0.15) is 16.8 Å². The van der Waals surface area contributed by atoms with Crippen molar-refractivity contribution in [2.24, 2.45) is 0 Å². The predicted molar refractivity (Wildman–Crippen MR) is 83.5 cm³/mol. The van der Waals surface area contributed by atoms with E-state index in [1.165, 1.54) is 0 Å². The summed E-state index contributed by atoms with van der Waals surface area (Å²) in [6, 6.07) is 8.03. The summed E-state index contributed by atoms with van der Waals surface area (Å²) in [6.45, 7) is 6.09. The monoisotopic (exact) mass is 279 g/mol. The fourth-order valence-electron chi connectivity index (χ4n) is 2.45. The highest BCUT2D eigenvalue weighted by molar-refractivity contribution is 5.97. The lowest BCUT2D eigenvalue weighted by molar-refractivity contribution is 0.419. The zero-order valence-corrected chi connectivity index (χ0v) is 12.6. The van der Waals surface area contributed by atoms with Crippen LogP contribution in [0.4, 0.5) is 0 Å². The molecule has 21 heavy (non-hydrogen) atoms. The van der Waals surface area contributed by atoms with Crippen LogP contribution in [0.3, 0.4) is 0 Å². The number of aryl methyl sites for hydroxylation is 2. The van der Waals surface area contributed by atoms with Gasteiger partial charge in [-0.05, 0) is 50.1 Å². The summed E-state index contributed by atoms with van der Waals surface area (Å²) in [6.07, 6.45) is 1.78. The van der Waals surface area contributed by atoms with Gasteiger partial charge >= 0.3 is 0 Å². The molecule has 0 spiro atoms. The molecule has 2 heterocycles. The van der Waals surface area contributed by atoms with Crippen molar-refractivity contribution in [2.75, 3.05) is 7.11 Å². The van der Waals surface area contributed by atoms with Gasteiger partial charge in [-0.25, -0.2) is 4.98 Å². The third-order valence-electron chi connectivity index (χ3n) is 3.79. The Morgan fingerprint density at radius 2 is 1.81 bits per heavy atom. The number of fused-ring (bicyclic) bond motifs is 1. The molecule has 0 amide bonds. The van der Waals surface area contributed by atoms with Crippen molar-refractivity contribution in [3.8, 4) is 17.0 Å². The van der Waals surface area contributed by atoms with Crippen LogP contribution in [0.15, 0.2) is 30.5 Å². The van der Waals surface area contributed by atoms with Gasteiger partial charge in [-0.2, -0.15) is 10.2 Å². The third kappa shape index (κ3) is 2.23. The predicted octanol–water partition coefficient (Wildman–Crippen LogP) is 3.63. The first-order valence-electron chi connectivity index (χ1n) is 6.85. The summed E-state index contributed by atoms with van der Waals surface area (Å²) in [5, 5.41) is 9.44. The zero-order chi connectivity index (χ0) is 15.0. The van der Waals surface area contributed by atoms with Crippen LogP contribution < -0.4 is 4.74 Å². The summed E-state index contributed by atoms with van der Waals surface area (Å²) in [7, 11) is 1.66. The molecule has 0 N–H and O–H groups in total. The van der Waals surface area contributed by atoms with Gasteiger partial charge < -0.3 is 4.74 Å². The van der Waals surface area contributed by atoms with Gasteiger partial charge in [-0.1, -0.05) is 6.07 Å². The molecule has 3 rings (SSSR count). The number of methoxy groups -OCH3 is 1. The summed E-state index contributed by atoms with van der Waals surface area (Å²) in [5.41, 5.74) is 6.02. The van der Waals surface area contributed by atoms with Crippen LogP contribution in [-0.2, 0) is 0 Å². The van der Waals surface area contributed by atoms with Crippen LogP contribution in [0.2, 0.25) is 0 Å². The maximum Gasteiger partial charge on any atom is 0.145 e. The molecular weight excluding hydrogens is 262 g/mol. The van der Waals surface area contributed by atoms with E-state index in [-0.39, 0.29) is 0 Å². The average molecular weight is 279 g/mol. The first-order valence-corrected chi connectivity index (χ1v) is 6.85. The van der Waals surface area contributed by atoms with Crippen molar-refractivity contribution < 1.29 is 4.74 Å². The molecule has 1 aromatic carbocycles. The van der Waals surface area contributed by atoms with E-state index in [9.17, 15) is 0 Å². The average Bonchev–Trinajstić information content (AvgIpc) is 2.49. The van der Waals surface area contributed by atoms with Crippen molar-refractivity contribution in [3.05, 3.63) is 47.3 Å². The van der Waals surface area contributed by atoms with Gasteiger partial charge in [0.15, 0.2) is 0 Å². The molecule has 4 nitrogen and oxygen atoms in total. The van der Waals surface area contributed by atoms with Crippen molar-refractivity contribution in [1.82, 2.24) is 15.2 Å². The summed E-state index contributed by atoms with van der Waals surface area (Å²) in [5.74, 6) is 0.774. The van der Waals surface area contributed by atoms with Gasteiger partial charge in [0.25, 0.3) is 0 Å². The van der Waals surface area contributed by atoms with Crippen molar-refractivity contribution in [2.45, 2.75) is 20.8 Å². The molecule has 0 aliphatic carbocycles. The summed E-state index contributed by atoms with van der Waals surface area (Å²) >= 11 is 0. The minimum Gasteiger partial charge on any atom is -0.494 e. The lowest BCUT2D eigenvalue weighted by Crippen LogP contribution is -1.97. The number of rotatable bonds is 2. The van der Waals surface area contributed by atoms with Crippen LogP contribution >= 0.6 is 0 Å². The Labute approximate surface area is 123 Å². The quantitative estimate of drug-likeness (QED) is 0.718. The fourth-order valence-corrected chi connectivity index (χ4v) is 2.45. The lowest BCUT2D eigenvalue weighted by Gasteiger charge is -2.12. The Kier molecular flexibility index (Phi) is 3.29. The van der Waals surface area contributed by atoms with E-state index in [1.54, 1.807) is 13.3 Å². The summed E-state index contributed by atoms with van der Waals surface area (Å²) < 4.78 is 5.43. The molecule has 0 aliphatic rings. The molecule has 0 fully saturated rings. The van der Waals surface area contributed by atoms with E-state index in [1.807, 2.05) is 32.0 Å². The molecule has 0 saturated heterocycles. The van der Waals surface area contributed by atoms with Crippen LogP contribution in [0.5, 0.6) is 5.75 Å². The molecule has 3 aromatic rings. The second kappa shape index (κ2) is 5.13. The SMILES string of the molecule is COc1ccc(-c2nncc(C)c2C)c2ccc(C)nc12. The number of ether oxygens (including phenoxy) is 1. The molecule has 4 heteroatoms. The van der Waals surface area contributed by atoms with Crippen molar-refractivity contribution >= 4 is 10.9 Å². The molecule has 0 radical (unpaired) electrons.